The highest BCUT2D eigenvalue weighted by molar-refractivity contribution is 5.78. The van der Waals surface area contributed by atoms with Gasteiger partial charge in [-0.2, -0.15) is 0 Å². The molecule has 2 nitrogen and oxygen atoms in total. The summed E-state index contributed by atoms with van der Waals surface area (Å²) in [5, 5.41) is 3.18. The number of amides is 1. The van der Waals surface area contributed by atoms with E-state index < -0.39 is 0 Å². The minimum atomic E-state index is 0.178. The maximum Gasteiger partial charge on any atom is 0.223 e. The molecule has 0 bridgehead atoms. The van der Waals surface area contributed by atoms with Gasteiger partial charge in [0.05, 0.1) is 0 Å². The first-order valence-corrected chi connectivity index (χ1v) is 8.76. The molecule has 22 heavy (non-hydrogen) atoms. The van der Waals surface area contributed by atoms with Crippen molar-refractivity contribution in [3.63, 3.8) is 0 Å². The molecule has 1 unspecified atom stereocenters. The fourth-order valence-electron chi connectivity index (χ4n) is 3.14. The lowest BCUT2D eigenvalue weighted by Gasteiger charge is -2.19. The second-order valence-electron chi connectivity index (χ2n) is 6.58. The van der Waals surface area contributed by atoms with Crippen molar-refractivity contribution >= 4 is 5.91 Å². The van der Waals surface area contributed by atoms with Crippen molar-refractivity contribution in [1.82, 2.24) is 5.32 Å². The maximum absolute atomic E-state index is 12.5. The van der Waals surface area contributed by atoms with E-state index in [1.807, 2.05) is 0 Å². The van der Waals surface area contributed by atoms with Crippen molar-refractivity contribution in [3.8, 4) is 0 Å². The summed E-state index contributed by atoms with van der Waals surface area (Å²) in [6.07, 6.45) is 5.38. The van der Waals surface area contributed by atoms with E-state index in [1.165, 1.54) is 27.8 Å². The van der Waals surface area contributed by atoms with E-state index in [9.17, 15) is 4.79 Å². The second-order valence-corrected chi connectivity index (χ2v) is 6.58. The molecular formula is C20H33NO. The number of carbonyl (C=O) groups excluding carboxylic acids is 1. The molecule has 0 aromatic heterocycles. The lowest BCUT2D eigenvalue weighted by Crippen LogP contribution is -2.31. The zero-order valence-electron chi connectivity index (χ0n) is 15.3. The predicted octanol–water partition coefficient (Wildman–Crippen LogP) is 5.14. The molecule has 0 spiro atoms. The van der Waals surface area contributed by atoms with E-state index in [-0.39, 0.29) is 11.8 Å². The van der Waals surface area contributed by atoms with Gasteiger partial charge in [-0.3, -0.25) is 4.79 Å². The van der Waals surface area contributed by atoms with Crippen LogP contribution in [0.4, 0.5) is 0 Å². The molecule has 1 rings (SSSR count). The average Bonchev–Trinajstić information content (AvgIpc) is 2.48. The van der Waals surface area contributed by atoms with Gasteiger partial charge in [-0.1, -0.05) is 39.2 Å². The summed E-state index contributed by atoms with van der Waals surface area (Å²) < 4.78 is 0. The molecule has 1 aromatic rings. The standard InChI is InChI=1S/C20H33NO/c1-7-9-11-18(10-8-2)20(22)21-13-19-15(4)12-14(3)16(5)17(19)6/h12,18H,7-11,13H2,1-6H3,(H,21,22). The number of unbranched alkanes of at least 4 members (excludes halogenated alkanes) is 1. The van der Waals surface area contributed by atoms with Gasteiger partial charge in [0.25, 0.3) is 0 Å². The van der Waals surface area contributed by atoms with Gasteiger partial charge in [0.15, 0.2) is 0 Å². The second kappa shape index (κ2) is 8.97. The Labute approximate surface area is 136 Å². The van der Waals surface area contributed by atoms with Crippen LogP contribution in [0, 0.1) is 33.6 Å². The molecule has 0 aliphatic rings. The van der Waals surface area contributed by atoms with Gasteiger partial charge >= 0.3 is 0 Å². The molecule has 1 amide bonds. The molecule has 2 heteroatoms. The van der Waals surface area contributed by atoms with Crippen LogP contribution in [0.25, 0.3) is 0 Å². The van der Waals surface area contributed by atoms with Crippen molar-refractivity contribution in [2.24, 2.45) is 5.92 Å². The average molecular weight is 303 g/mol. The first-order valence-electron chi connectivity index (χ1n) is 8.76. The number of nitrogens with one attached hydrogen (secondary N) is 1. The molecule has 1 aromatic carbocycles. The van der Waals surface area contributed by atoms with Crippen LogP contribution < -0.4 is 5.32 Å². The number of benzene rings is 1. The third kappa shape index (κ3) is 4.86. The number of hydrogen-bond donors (Lipinski definition) is 1. The van der Waals surface area contributed by atoms with E-state index in [4.69, 9.17) is 0 Å². The highest BCUT2D eigenvalue weighted by atomic mass is 16.1. The van der Waals surface area contributed by atoms with Crippen LogP contribution in [0.3, 0.4) is 0 Å². The summed E-state index contributed by atoms with van der Waals surface area (Å²) in [5.74, 6) is 0.407. The Morgan fingerprint density at radius 3 is 2.27 bits per heavy atom. The van der Waals surface area contributed by atoms with Crippen LogP contribution in [0.2, 0.25) is 0 Å². The van der Waals surface area contributed by atoms with E-state index in [0.717, 1.165) is 32.1 Å². The summed E-state index contributed by atoms with van der Waals surface area (Å²) in [4.78, 5) is 12.5. The van der Waals surface area contributed by atoms with Gasteiger partial charge in [-0.15, -0.1) is 0 Å². The molecule has 0 saturated heterocycles. The van der Waals surface area contributed by atoms with E-state index >= 15 is 0 Å². The Morgan fingerprint density at radius 1 is 1.00 bits per heavy atom. The predicted molar refractivity (Wildman–Crippen MR) is 95.2 cm³/mol. The summed E-state index contributed by atoms with van der Waals surface area (Å²) in [6, 6.07) is 2.23. The molecule has 0 radical (unpaired) electrons. The smallest absolute Gasteiger partial charge is 0.223 e. The largest absolute Gasteiger partial charge is 0.352 e. The summed E-state index contributed by atoms with van der Waals surface area (Å²) in [5.41, 5.74) is 6.55. The van der Waals surface area contributed by atoms with Gasteiger partial charge in [-0.05, 0) is 68.4 Å². The Kier molecular flexibility index (Phi) is 7.64. The number of carbonyl (C=O) groups is 1. The maximum atomic E-state index is 12.5. The van der Waals surface area contributed by atoms with E-state index in [2.05, 4.69) is 52.9 Å². The Morgan fingerprint density at radius 2 is 1.68 bits per heavy atom. The third-order valence-electron chi connectivity index (χ3n) is 4.87. The van der Waals surface area contributed by atoms with Crippen molar-refractivity contribution in [3.05, 3.63) is 33.9 Å². The highest BCUT2D eigenvalue weighted by Crippen LogP contribution is 2.22. The quantitative estimate of drug-likeness (QED) is 0.707. The van der Waals surface area contributed by atoms with Crippen molar-refractivity contribution in [2.75, 3.05) is 0 Å². The highest BCUT2D eigenvalue weighted by Gasteiger charge is 2.17. The SMILES string of the molecule is CCCCC(CCC)C(=O)NCc1c(C)cc(C)c(C)c1C. The normalized spacial score (nSPS) is 12.3. The molecule has 0 aliphatic heterocycles. The van der Waals surface area contributed by atoms with E-state index in [0.29, 0.717) is 6.54 Å². The molecule has 0 heterocycles. The number of hydrogen-bond acceptors (Lipinski definition) is 1. The number of aryl methyl sites for hydroxylation is 2. The Balaban J connectivity index is 2.76. The molecule has 0 aliphatic carbocycles. The van der Waals surface area contributed by atoms with Crippen LogP contribution >= 0.6 is 0 Å². The summed E-state index contributed by atoms with van der Waals surface area (Å²) >= 11 is 0. The minimum absolute atomic E-state index is 0.178. The molecular weight excluding hydrogens is 270 g/mol. The topological polar surface area (TPSA) is 29.1 Å². The zero-order valence-corrected chi connectivity index (χ0v) is 15.3. The van der Waals surface area contributed by atoms with Crippen LogP contribution in [-0.2, 0) is 11.3 Å². The zero-order chi connectivity index (χ0) is 16.7. The fourth-order valence-corrected chi connectivity index (χ4v) is 3.14. The third-order valence-corrected chi connectivity index (χ3v) is 4.87. The first kappa shape index (κ1) is 18.7. The molecule has 1 atom stereocenters. The molecule has 124 valence electrons. The Hall–Kier alpha value is -1.31. The van der Waals surface area contributed by atoms with Crippen molar-refractivity contribution < 1.29 is 4.79 Å². The van der Waals surface area contributed by atoms with Gasteiger partial charge in [-0.25, -0.2) is 0 Å². The molecule has 0 fully saturated rings. The summed E-state index contributed by atoms with van der Waals surface area (Å²) in [7, 11) is 0. The number of rotatable bonds is 8. The minimum Gasteiger partial charge on any atom is -0.352 e. The van der Waals surface area contributed by atoms with Gasteiger partial charge in [0, 0.05) is 12.5 Å². The molecule has 0 saturated carbocycles. The lowest BCUT2D eigenvalue weighted by atomic mass is 9.93. The van der Waals surface area contributed by atoms with Crippen molar-refractivity contribution in [1.29, 1.82) is 0 Å². The summed E-state index contributed by atoms with van der Waals surface area (Å²) in [6.45, 7) is 13.6. The Bertz CT molecular complexity index is 505. The molecule has 1 N–H and O–H groups in total. The van der Waals surface area contributed by atoms with Crippen LogP contribution in [0.15, 0.2) is 6.07 Å². The first-order chi connectivity index (χ1) is 10.4. The van der Waals surface area contributed by atoms with Gasteiger partial charge < -0.3 is 5.32 Å². The van der Waals surface area contributed by atoms with Crippen molar-refractivity contribution in [2.45, 2.75) is 80.2 Å². The van der Waals surface area contributed by atoms with E-state index in [1.54, 1.807) is 0 Å². The lowest BCUT2D eigenvalue weighted by molar-refractivity contribution is -0.125. The monoisotopic (exact) mass is 303 g/mol. The fraction of sp³-hybridized carbons (Fsp3) is 0.650. The van der Waals surface area contributed by atoms with Crippen LogP contribution in [0.1, 0.15) is 73.8 Å². The van der Waals surface area contributed by atoms with Gasteiger partial charge in [0.1, 0.15) is 0 Å². The van der Waals surface area contributed by atoms with Gasteiger partial charge in [0.2, 0.25) is 5.91 Å². The van der Waals surface area contributed by atoms with Crippen LogP contribution in [-0.4, -0.2) is 5.91 Å². The van der Waals surface area contributed by atoms with Crippen LogP contribution in [0.5, 0.6) is 0 Å².